The summed E-state index contributed by atoms with van der Waals surface area (Å²) < 4.78 is 5.05. The van der Waals surface area contributed by atoms with Crippen LogP contribution in [0.4, 0.5) is 0 Å². The Kier molecular flexibility index (Phi) is 5.51. The molecule has 4 nitrogen and oxygen atoms in total. The molecule has 1 heterocycles. The Hall–Kier alpha value is -1.23. The van der Waals surface area contributed by atoms with Crippen molar-refractivity contribution in [2.75, 3.05) is 12.4 Å². The summed E-state index contributed by atoms with van der Waals surface area (Å²) in [5.74, 6) is 0.197. The molecule has 0 amide bonds. The van der Waals surface area contributed by atoms with Crippen LogP contribution in [0.5, 0.6) is 0 Å². The summed E-state index contributed by atoms with van der Waals surface area (Å²) in [4.78, 5) is 27.4. The highest BCUT2D eigenvalue weighted by Gasteiger charge is 2.24. The summed E-state index contributed by atoms with van der Waals surface area (Å²) in [5.41, 5.74) is 2.48. The van der Waals surface area contributed by atoms with Crippen molar-refractivity contribution in [1.82, 2.24) is 4.98 Å². The third kappa shape index (κ3) is 3.70. The molecule has 2 rings (SSSR count). The van der Waals surface area contributed by atoms with Crippen LogP contribution < -0.4 is 0 Å². The van der Waals surface area contributed by atoms with E-state index in [1.165, 1.54) is 25.7 Å². The fourth-order valence-corrected chi connectivity index (χ4v) is 4.06. The lowest BCUT2D eigenvalue weighted by Gasteiger charge is -2.07. The average Bonchev–Trinajstić information content (AvgIpc) is 3.04. The van der Waals surface area contributed by atoms with E-state index in [-0.39, 0.29) is 11.8 Å². The van der Waals surface area contributed by atoms with E-state index in [1.807, 2.05) is 6.92 Å². The molecule has 116 valence electrons. The summed E-state index contributed by atoms with van der Waals surface area (Å²) in [5, 5.41) is 0.620. The van der Waals surface area contributed by atoms with Crippen LogP contribution in [0.25, 0.3) is 0 Å². The molecule has 1 N–H and O–H groups in total. The molecular weight excluding hydrogens is 286 g/mol. The number of carbonyl (C=O) groups excluding carboxylic acids is 2. The third-order valence-corrected chi connectivity index (χ3v) is 5.32. The summed E-state index contributed by atoms with van der Waals surface area (Å²) in [6.45, 7) is 5.73. The third-order valence-electron chi connectivity index (χ3n) is 3.95. The number of carbonyl (C=O) groups is 2. The largest absolute Gasteiger partial charge is 0.462 e. The van der Waals surface area contributed by atoms with E-state index in [1.54, 1.807) is 25.6 Å². The molecule has 0 radical (unpaired) electrons. The van der Waals surface area contributed by atoms with Crippen molar-refractivity contribution in [1.29, 1.82) is 0 Å². The Morgan fingerprint density at radius 3 is 2.57 bits per heavy atom. The van der Waals surface area contributed by atoms with Gasteiger partial charge in [-0.3, -0.25) is 4.79 Å². The van der Waals surface area contributed by atoms with Gasteiger partial charge in [0.1, 0.15) is 0 Å². The first-order chi connectivity index (χ1) is 10.0. The van der Waals surface area contributed by atoms with Crippen LogP contribution >= 0.6 is 11.8 Å². The monoisotopic (exact) mass is 309 g/mol. The number of aromatic amines is 1. The maximum atomic E-state index is 12.4. The maximum absolute atomic E-state index is 12.4. The van der Waals surface area contributed by atoms with Gasteiger partial charge in [0.2, 0.25) is 0 Å². The van der Waals surface area contributed by atoms with Crippen LogP contribution in [0.1, 0.15) is 64.7 Å². The van der Waals surface area contributed by atoms with E-state index in [4.69, 9.17) is 4.74 Å². The number of ketones is 1. The number of rotatable bonds is 6. The Balaban J connectivity index is 2.07. The molecule has 0 bridgehead atoms. The molecule has 0 atom stereocenters. The van der Waals surface area contributed by atoms with Gasteiger partial charge in [-0.1, -0.05) is 12.8 Å². The van der Waals surface area contributed by atoms with Gasteiger partial charge >= 0.3 is 5.97 Å². The van der Waals surface area contributed by atoms with Gasteiger partial charge in [-0.2, -0.15) is 11.8 Å². The molecule has 0 spiro atoms. The second-order valence-corrected chi connectivity index (χ2v) is 6.77. The minimum absolute atomic E-state index is 0.0723. The van der Waals surface area contributed by atoms with Crippen LogP contribution in [0.2, 0.25) is 0 Å². The van der Waals surface area contributed by atoms with Gasteiger partial charge in [0, 0.05) is 10.9 Å². The minimum atomic E-state index is -0.355. The molecule has 1 aromatic rings. The second-order valence-electron chi connectivity index (χ2n) is 5.49. The highest BCUT2D eigenvalue weighted by atomic mass is 32.2. The molecule has 0 aromatic carbocycles. The molecule has 1 saturated carbocycles. The van der Waals surface area contributed by atoms with Gasteiger partial charge in [0.05, 0.1) is 23.6 Å². The van der Waals surface area contributed by atoms with Crippen LogP contribution in [0, 0.1) is 13.8 Å². The average molecular weight is 309 g/mol. The van der Waals surface area contributed by atoms with Crippen molar-refractivity contribution in [2.24, 2.45) is 0 Å². The zero-order chi connectivity index (χ0) is 15.4. The van der Waals surface area contributed by atoms with Crippen molar-refractivity contribution in [2.45, 2.75) is 51.7 Å². The number of aryl methyl sites for hydroxylation is 1. The number of esters is 1. The van der Waals surface area contributed by atoms with Crippen molar-refractivity contribution >= 4 is 23.5 Å². The number of hydrogen-bond donors (Lipinski definition) is 1. The van der Waals surface area contributed by atoms with Crippen LogP contribution in [-0.2, 0) is 4.74 Å². The number of thioether (sulfide) groups is 1. The molecule has 21 heavy (non-hydrogen) atoms. The van der Waals surface area contributed by atoms with E-state index in [0.29, 0.717) is 40.1 Å². The second kappa shape index (κ2) is 7.16. The van der Waals surface area contributed by atoms with E-state index >= 15 is 0 Å². The van der Waals surface area contributed by atoms with Crippen LogP contribution in [0.15, 0.2) is 0 Å². The Morgan fingerprint density at radius 2 is 1.95 bits per heavy atom. The molecule has 0 aliphatic heterocycles. The topological polar surface area (TPSA) is 59.2 Å². The van der Waals surface area contributed by atoms with Crippen molar-refractivity contribution < 1.29 is 14.3 Å². The lowest BCUT2D eigenvalue weighted by molar-refractivity contribution is 0.0525. The minimum Gasteiger partial charge on any atom is -0.462 e. The summed E-state index contributed by atoms with van der Waals surface area (Å²) in [6, 6.07) is 0. The van der Waals surface area contributed by atoms with Crippen molar-refractivity contribution in [3.8, 4) is 0 Å². The van der Waals surface area contributed by atoms with E-state index in [9.17, 15) is 9.59 Å². The van der Waals surface area contributed by atoms with Gasteiger partial charge in [-0.05, 0) is 39.2 Å². The smallest absolute Gasteiger partial charge is 0.340 e. The summed E-state index contributed by atoms with van der Waals surface area (Å²) >= 11 is 1.74. The van der Waals surface area contributed by atoms with Gasteiger partial charge in [-0.25, -0.2) is 4.79 Å². The molecule has 5 heteroatoms. The Bertz CT molecular complexity index is 530. The standard InChI is InChI=1S/C16H23NO3S/c1-4-20-16(19)14-10(2)15(17-11(14)3)13(18)9-21-12-7-5-6-8-12/h12,17H,4-9H2,1-3H3. The number of Topliss-reactive ketones (excluding diaryl/α,β-unsaturated/α-hetero) is 1. The highest BCUT2D eigenvalue weighted by Crippen LogP contribution is 2.30. The Morgan fingerprint density at radius 1 is 1.29 bits per heavy atom. The Labute approximate surface area is 130 Å². The molecule has 1 fully saturated rings. The van der Waals surface area contributed by atoms with E-state index < -0.39 is 0 Å². The van der Waals surface area contributed by atoms with Crippen molar-refractivity contribution in [3.05, 3.63) is 22.5 Å². The number of aromatic nitrogens is 1. The molecular formula is C16H23NO3S. The maximum Gasteiger partial charge on any atom is 0.340 e. The predicted octanol–water partition coefficient (Wildman–Crippen LogP) is 3.67. The lowest BCUT2D eigenvalue weighted by atomic mass is 10.1. The molecule has 1 aliphatic rings. The predicted molar refractivity (Wildman–Crippen MR) is 85.3 cm³/mol. The first kappa shape index (κ1) is 16.1. The van der Waals surface area contributed by atoms with Gasteiger partial charge < -0.3 is 9.72 Å². The molecule has 1 aliphatic carbocycles. The number of H-pyrrole nitrogens is 1. The number of hydrogen-bond acceptors (Lipinski definition) is 4. The summed E-state index contributed by atoms with van der Waals surface area (Å²) in [7, 11) is 0. The summed E-state index contributed by atoms with van der Waals surface area (Å²) in [6.07, 6.45) is 4.99. The van der Waals surface area contributed by atoms with Gasteiger partial charge in [0.25, 0.3) is 0 Å². The normalized spacial score (nSPS) is 15.4. The van der Waals surface area contributed by atoms with Crippen LogP contribution in [0.3, 0.4) is 0 Å². The zero-order valence-electron chi connectivity index (χ0n) is 13.0. The number of nitrogens with one attached hydrogen (secondary N) is 1. The highest BCUT2D eigenvalue weighted by molar-refractivity contribution is 8.00. The SMILES string of the molecule is CCOC(=O)c1c(C)[nH]c(C(=O)CSC2CCCC2)c1C. The van der Waals surface area contributed by atoms with Crippen molar-refractivity contribution in [3.63, 3.8) is 0 Å². The lowest BCUT2D eigenvalue weighted by Crippen LogP contribution is -2.10. The zero-order valence-corrected chi connectivity index (χ0v) is 13.8. The van der Waals surface area contributed by atoms with E-state index in [2.05, 4.69) is 4.98 Å². The van der Waals surface area contributed by atoms with Gasteiger partial charge in [-0.15, -0.1) is 0 Å². The number of ether oxygens (including phenoxy) is 1. The van der Waals surface area contributed by atoms with Gasteiger partial charge in [0.15, 0.2) is 5.78 Å². The molecule has 0 saturated heterocycles. The first-order valence-electron chi connectivity index (χ1n) is 7.55. The molecule has 1 aromatic heterocycles. The molecule has 0 unspecified atom stereocenters. The first-order valence-corrected chi connectivity index (χ1v) is 8.60. The fraction of sp³-hybridized carbons (Fsp3) is 0.625. The van der Waals surface area contributed by atoms with E-state index in [0.717, 1.165) is 0 Å². The fourth-order valence-electron chi connectivity index (χ4n) is 2.86. The van der Waals surface area contributed by atoms with Crippen LogP contribution in [-0.4, -0.2) is 34.3 Å². The quantitative estimate of drug-likeness (QED) is 0.643.